The van der Waals surface area contributed by atoms with Gasteiger partial charge in [-0.2, -0.15) is 0 Å². The van der Waals surface area contributed by atoms with Crippen LogP contribution in [0.3, 0.4) is 0 Å². The number of rotatable bonds is 0. The molecule has 1 heteroatoms. The Labute approximate surface area is 138 Å². The summed E-state index contributed by atoms with van der Waals surface area (Å²) in [6, 6.07) is 6.45. The van der Waals surface area contributed by atoms with E-state index in [1.54, 1.807) is 6.08 Å². The van der Waals surface area contributed by atoms with Crippen LogP contribution in [0.1, 0.15) is 39.7 Å². The molecule has 2 aliphatic carbocycles. The van der Waals surface area contributed by atoms with Crippen molar-refractivity contribution in [3.63, 3.8) is 0 Å². The number of ketones is 1. The highest BCUT2D eigenvalue weighted by atomic mass is 16.1. The van der Waals surface area contributed by atoms with Crippen molar-refractivity contribution in [1.29, 1.82) is 0 Å². The number of benzene rings is 1. The fourth-order valence-electron chi connectivity index (χ4n) is 4.34. The van der Waals surface area contributed by atoms with Gasteiger partial charge in [-0.1, -0.05) is 48.1 Å². The van der Waals surface area contributed by atoms with Crippen LogP contribution in [0.2, 0.25) is 0 Å². The van der Waals surface area contributed by atoms with Crippen LogP contribution in [0.5, 0.6) is 0 Å². The van der Waals surface area contributed by atoms with E-state index in [9.17, 15) is 4.79 Å². The van der Waals surface area contributed by atoms with Gasteiger partial charge in [-0.25, -0.2) is 0 Å². The summed E-state index contributed by atoms with van der Waals surface area (Å²) in [4.78, 5) is 12.9. The molecule has 1 aromatic rings. The summed E-state index contributed by atoms with van der Waals surface area (Å²) >= 11 is 0. The summed E-state index contributed by atoms with van der Waals surface area (Å²) in [7, 11) is 0. The molecule has 0 aliphatic heterocycles. The van der Waals surface area contributed by atoms with E-state index in [0.29, 0.717) is 0 Å². The van der Waals surface area contributed by atoms with Crippen LogP contribution in [-0.2, 0) is 11.2 Å². The Kier molecular flexibility index (Phi) is 3.97. The molecule has 0 saturated heterocycles. The van der Waals surface area contributed by atoms with Gasteiger partial charge in [0.15, 0.2) is 5.78 Å². The lowest BCUT2D eigenvalue weighted by atomic mass is 9.61. The van der Waals surface area contributed by atoms with Crippen LogP contribution in [0.4, 0.5) is 0 Å². The van der Waals surface area contributed by atoms with Crippen molar-refractivity contribution in [2.75, 3.05) is 0 Å². The van der Waals surface area contributed by atoms with E-state index >= 15 is 0 Å². The summed E-state index contributed by atoms with van der Waals surface area (Å²) in [5, 5.41) is 2.63. The molecule has 0 bridgehead atoms. The largest absolute Gasteiger partial charge is 0.294 e. The molecule has 1 unspecified atom stereocenters. The van der Waals surface area contributed by atoms with Gasteiger partial charge < -0.3 is 0 Å². The molecule has 0 heterocycles. The van der Waals surface area contributed by atoms with Crippen LogP contribution in [0.25, 0.3) is 11.6 Å². The van der Waals surface area contributed by atoms with Crippen molar-refractivity contribution in [1.82, 2.24) is 0 Å². The SMILES string of the molecule is C/C=C1/C=CC(=O)C2(CC(C)=c3c(ccc/c3=C/C)C2)/C1=C/C. The molecule has 0 fully saturated rings. The van der Waals surface area contributed by atoms with Crippen molar-refractivity contribution in [2.24, 2.45) is 5.41 Å². The molecule has 0 saturated carbocycles. The lowest BCUT2D eigenvalue weighted by Gasteiger charge is -2.40. The lowest BCUT2D eigenvalue weighted by Crippen LogP contribution is -2.45. The molecule has 2 aliphatic rings. The molecular formula is C22H24O. The fraction of sp³-hybridized carbons (Fsp3) is 0.318. The molecule has 0 amide bonds. The van der Waals surface area contributed by atoms with E-state index in [1.165, 1.54) is 32.7 Å². The first kappa shape index (κ1) is 15.7. The second-order valence-corrected chi connectivity index (χ2v) is 6.53. The maximum absolute atomic E-state index is 12.9. The van der Waals surface area contributed by atoms with E-state index in [1.807, 2.05) is 19.9 Å². The van der Waals surface area contributed by atoms with E-state index in [-0.39, 0.29) is 5.78 Å². The first-order chi connectivity index (χ1) is 11.1. The molecule has 0 N–H and O–H groups in total. The molecule has 0 radical (unpaired) electrons. The third-order valence-corrected chi connectivity index (χ3v) is 5.29. The summed E-state index contributed by atoms with van der Waals surface area (Å²) in [5.74, 6) is 0.243. The Bertz CT molecular complexity index is 877. The van der Waals surface area contributed by atoms with Crippen LogP contribution in [0, 0.1) is 5.41 Å². The third-order valence-electron chi connectivity index (χ3n) is 5.29. The maximum atomic E-state index is 12.9. The molecule has 1 spiro atoms. The van der Waals surface area contributed by atoms with E-state index in [2.05, 4.69) is 50.3 Å². The maximum Gasteiger partial charge on any atom is 0.166 e. The predicted octanol–water partition coefficient (Wildman–Crippen LogP) is 3.62. The number of hydrogen-bond donors (Lipinski definition) is 0. The van der Waals surface area contributed by atoms with E-state index < -0.39 is 5.41 Å². The zero-order valence-electron chi connectivity index (χ0n) is 14.4. The topological polar surface area (TPSA) is 17.1 Å². The summed E-state index contributed by atoms with van der Waals surface area (Å²) in [6.07, 6.45) is 11.7. The highest BCUT2D eigenvalue weighted by Gasteiger charge is 2.45. The molecule has 118 valence electrons. The van der Waals surface area contributed by atoms with Crippen LogP contribution >= 0.6 is 0 Å². The Morgan fingerprint density at radius 2 is 1.78 bits per heavy atom. The fourth-order valence-corrected chi connectivity index (χ4v) is 4.34. The first-order valence-corrected chi connectivity index (χ1v) is 8.37. The number of carbonyl (C=O) groups excluding carboxylic acids is 1. The van der Waals surface area contributed by atoms with Crippen LogP contribution in [0.15, 0.2) is 53.6 Å². The van der Waals surface area contributed by atoms with Gasteiger partial charge in [-0.05, 0) is 73.8 Å². The minimum atomic E-state index is -0.422. The predicted molar refractivity (Wildman–Crippen MR) is 97.3 cm³/mol. The highest BCUT2D eigenvalue weighted by molar-refractivity contribution is 6.02. The summed E-state index contributed by atoms with van der Waals surface area (Å²) in [5.41, 5.74) is 4.56. The molecule has 1 aromatic carbocycles. The molecule has 3 rings (SSSR count). The van der Waals surface area contributed by atoms with Crippen molar-refractivity contribution in [2.45, 2.75) is 40.5 Å². The van der Waals surface area contributed by atoms with Crippen molar-refractivity contribution >= 4 is 17.4 Å². The van der Waals surface area contributed by atoms with Gasteiger partial charge in [0.05, 0.1) is 5.41 Å². The number of allylic oxidation sites excluding steroid dienone is 6. The molecule has 1 nitrogen and oxygen atoms in total. The Hall–Kier alpha value is -2.15. The van der Waals surface area contributed by atoms with Gasteiger partial charge in [0.2, 0.25) is 0 Å². The van der Waals surface area contributed by atoms with Gasteiger partial charge in [-0.15, -0.1) is 0 Å². The molecular weight excluding hydrogens is 280 g/mol. The number of hydrogen-bond acceptors (Lipinski definition) is 1. The third kappa shape index (κ3) is 2.26. The minimum absolute atomic E-state index is 0.243. The Morgan fingerprint density at radius 1 is 1.00 bits per heavy atom. The van der Waals surface area contributed by atoms with Gasteiger partial charge >= 0.3 is 0 Å². The highest BCUT2D eigenvalue weighted by Crippen LogP contribution is 2.46. The van der Waals surface area contributed by atoms with Crippen LogP contribution in [-0.4, -0.2) is 5.78 Å². The zero-order valence-corrected chi connectivity index (χ0v) is 14.4. The zero-order chi connectivity index (χ0) is 16.6. The lowest BCUT2D eigenvalue weighted by molar-refractivity contribution is -0.122. The standard InChI is InChI=1S/C22H24O/c1-5-16-11-12-20(23)22(19(16)7-3)13-15(4)21-17(6-2)9-8-10-18(21)14-22/h5-12H,13-14H2,1-4H3/b16-5-,17-6-,19-7+. The van der Waals surface area contributed by atoms with E-state index in [4.69, 9.17) is 0 Å². The quantitative estimate of drug-likeness (QED) is 0.715. The van der Waals surface area contributed by atoms with Crippen molar-refractivity contribution in [3.05, 3.63) is 69.7 Å². The number of carbonyl (C=O) groups is 1. The number of fused-ring (bicyclic) bond motifs is 1. The monoisotopic (exact) mass is 304 g/mol. The molecule has 1 atom stereocenters. The van der Waals surface area contributed by atoms with E-state index in [0.717, 1.165) is 12.8 Å². The summed E-state index contributed by atoms with van der Waals surface area (Å²) in [6.45, 7) is 8.36. The van der Waals surface area contributed by atoms with Crippen molar-refractivity contribution in [3.8, 4) is 0 Å². The first-order valence-electron chi connectivity index (χ1n) is 8.37. The Balaban J connectivity index is 2.28. The van der Waals surface area contributed by atoms with Crippen molar-refractivity contribution < 1.29 is 4.79 Å². The molecule has 0 aromatic heterocycles. The normalized spacial score (nSPS) is 28.1. The van der Waals surface area contributed by atoms with Gasteiger partial charge in [-0.3, -0.25) is 4.79 Å². The molecule has 23 heavy (non-hydrogen) atoms. The second-order valence-electron chi connectivity index (χ2n) is 6.53. The minimum Gasteiger partial charge on any atom is -0.294 e. The average Bonchev–Trinajstić information content (AvgIpc) is 2.56. The van der Waals surface area contributed by atoms with Gasteiger partial charge in [0.25, 0.3) is 0 Å². The van der Waals surface area contributed by atoms with Gasteiger partial charge in [0.1, 0.15) is 0 Å². The van der Waals surface area contributed by atoms with Crippen LogP contribution < -0.4 is 10.4 Å². The van der Waals surface area contributed by atoms with Gasteiger partial charge in [0, 0.05) is 0 Å². The second kappa shape index (κ2) is 5.81. The average molecular weight is 304 g/mol. The Morgan fingerprint density at radius 3 is 2.43 bits per heavy atom. The summed E-state index contributed by atoms with van der Waals surface area (Å²) < 4.78 is 0. The smallest absolute Gasteiger partial charge is 0.166 e.